The van der Waals surface area contributed by atoms with Crippen molar-refractivity contribution in [1.82, 2.24) is 5.32 Å². The third-order valence-electron chi connectivity index (χ3n) is 3.55. The second-order valence-electron chi connectivity index (χ2n) is 5.26. The Hall–Kier alpha value is -2.09. The van der Waals surface area contributed by atoms with Crippen LogP contribution in [0.3, 0.4) is 0 Å². The van der Waals surface area contributed by atoms with Crippen molar-refractivity contribution < 1.29 is 23.9 Å². The number of methoxy groups -OCH3 is 1. The van der Waals surface area contributed by atoms with Gasteiger partial charge in [-0.05, 0) is 24.1 Å². The molecule has 0 aliphatic carbocycles. The average Bonchev–Trinajstić information content (AvgIpc) is 2.58. The van der Waals surface area contributed by atoms with E-state index in [0.29, 0.717) is 10.9 Å². The van der Waals surface area contributed by atoms with E-state index < -0.39 is 30.5 Å². The van der Waals surface area contributed by atoms with Gasteiger partial charge in [0.15, 0.2) is 6.61 Å². The lowest BCUT2D eigenvalue weighted by atomic mass is 9.99. The van der Waals surface area contributed by atoms with E-state index in [0.717, 1.165) is 0 Å². The maximum atomic E-state index is 12.0. The number of anilines is 1. The molecule has 0 aliphatic rings. The number of nitrogens with two attached hydrogens (primary N) is 1. The van der Waals surface area contributed by atoms with Crippen LogP contribution in [0.4, 0.5) is 5.69 Å². The molecule has 0 saturated heterocycles. The van der Waals surface area contributed by atoms with Gasteiger partial charge in [-0.25, -0.2) is 9.59 Å². The van der Waals surface area contributed by atoms with Crippen molar-refractivity contribution in [3.8, 4) is 0 Å². The molecule has 0 aliphatic heterocycles. The van der Waals surface area contributed by atoms with Crippen LogP contribution in [0.1, 0.15) is 30.6 Å². The second-order valence-corrected chi connectivity index (χ2v) is 6.18. The van der Waals surface area contributed by atoms with Crippen LogP contribution in [0.15, 0.2) is 22.7 Å². The molecule has 1 aromatic rings. The van der Waals surface area contributed by atoms with Gasteiger partial charge in [0.2, 0.25) is 0 Å². The molecule has 0 heterocycles. The van der Waals surface area contributed by atoms with Crippen molar-refractivity contribution in [2.45, 2.75) is 26.3 Å². The fraction of sp³-hybridized carbons (Fsp3) is 0.438. The normalized spacial score (nSPS) is 12.8. The number of esters is 2. The molecule has 0 saturated carbocycles. The standard InChI is InChI=1S/C16H21BrN2O5/c1-4-9(2)14(16(22)23-3)19-13(20)8-24-15(21)11-7-10(17)5-6-12(11)18/h5-7,9,14H,4,8,18H2,1-3H3,(H,19,20)/t9-,14-/m1/s1. The summed E-state index contributed by atoms with van der Waals surface area (Å²) in [6.07, 6.45) is 0.675. The van der Waals surface area contributed by atoms with Gasteiger partial charge < -0.3 is 20.5 Å². The van der Waals surface area contributed by atoms with E-state index in [9.17, 15) is 14.4 Å². The molecular weight excluding hydrogens is 380 g/mol. The summed E-state index contributed by atoms with van der Waals surface area (Å²) in [4.78, 5) is 35.7. The predicted molar refractivity (Wildman–Crippen MR) is 92.2 cm³/mol. The van der Waals surface area contributed by atoms with Gasteiger partial charge in [0, 0.05) is 10.2 Å². The van der Waals surface area contributed by atoms with Gasteiger partial charge in [0.1, 0.15) is 6.04 Å². The minimum atomic E-state index is -0.790. The minimum Gasteiger partial charge on any atom is -0.467 e. The number of halogens is 1. The summed E-state index contributed by atoms with van der Waals surface area (Å²) in [7, 11) is 1.25. The molecule has 7 nitrogen and oxygen atoms in total. The zero-order valence-electron chi connectivity index (χ0n) is 13.8. The number of amides is 1. The van der Waals surface area contributed by atoms with Crippen LogP contribution in [-0.2, 0) is 19.1 Å². The van der Waals surface area contributed by atoms with Gasteiger partial charge in [-0.1, -0.05) is 36.2 Å². The lowest BCUT2D eigenvalue weighted by molar-refractivity contribution is -0.147. The van der Waals surface area contributed by atoms with Crippen LogP contribution in [0, 0.1) is 5.92 Å². The first-order valence-corrected chi connectivity index (χ1v) is 8.18. The maximum absolute atomic E-state index is 12.0. The first-order valence-electron chi connectivity index (χ1n) is 7.39. The smallest absolute Gasteiger partial charge is 0.340 e. The molecule has 0 radical (unpaired) electrons. The molecular formula is C16H21BrN2O5. The van der Waals surface area contributed by atoms with Gasteiger partial charge in [-0.15, -0.1) is 0 Å². The summed E-state index contributed by atoms with van der Waals surface area (Å²) in [5, 5.41) is 2.52. The van der Waals surface area contributed by atoms with E-state index in [1.54, 1.807) is 12.1 Å². The molecule has 2 atom stereocenters. The van der Waals surface area contributed by atoms with Crippen molar-refractivity contribution in [2.24, 2.45) is 5.92 Å². The fourth-order valence-corrected chi connectivity index (χ4v) is 2.29. The zero-order valence-corrected chi connectivity index (χ0v) is 15.4. The summed E-state index contributed by atoms with van der Waals surface area (Å²) in [6, 6.07) is 3.96. The quantitative estimate of drug-likeness (QED) is 0.534. The van der Waals surface area contributed by atoms with Gasteiger partial charge in [0.25, 0.3) is 5.91 Å². The van der Waals surface area contributed by atoms with Gasteiger partial charge in [-0.2, -0.15) is 0 Å². The Bertz CT molecular complexity index is 620. The van der Waals surface area contributed by atoms with Crippen LogP contribution in [0.5, 0.6) is 0 Å². The Balaban J connectivity index is 2.66. The van der Waals surface area contributed by atoms with E-state index in [-0.39, 0.29) is 17.2 Å². The third-order valence-corrected chi connectivity index (χ3v) is 4.05. The highest BCUT2D eigenvalue weighted by atomic mass is 79.9. The Labute approximate surface area is 149 Å². The van der Waals surface area contributed by atoms with Crippen LogP contribution < -0.4 is 11.1 Å². The van der Waals surface area contributed by atoms with Crippen molar-refractivity contribution in [2.75, 3.05) is 19.5 Å². The summed E-state index contributed by atoms with van der Waals surface area (Å²) in [5.41, 5.74) is 6.11. The highest BCUT2D eigenvalue weighted by Crippen LogP contribution is 2.19. The number of carbonyl (C=O) groups excluding carboxylic acids is 3. The topological polar surface area (TPSA) is 108 Å². The summed E-state index contributed by atoms with van der Waals surface area (Å²) in [5.74, 6) is -1.96. The molecule has 0 bridgehead atoms. The summed E-state index contributed by atoms with van der Waals surface area (Å²) < 4.78 is 10.3. The molecule has 24 heavy (non-hydrogen) atoms. The number of nitrogen functional groups attached to an aromatic ring is 1. The number of benzene rings is 1. The van der Waals surface area contributed by atoms with Crippen molar-refractivity contribution in [3.63, 3.8) is 0 Å². The molecule has 1 rings (SSSR count). The fourth-order valence-electron chi connectivity index (χ4n) is 1.93. The van der Waals surface area contributed by atoms with E-state index in [2.05, 4.69) is 26.0 Å². The highest BCUT2D eigenvalue weighted by molar-refractivity contribution is 9.10. The molecule has 1 aromatic carbocycles. The molecule has 0 aromatic heterocycles. The minimum absolute atomic E-state index is 0.113. The third kappa shape index (κ3) is 5.52. The first-order chi connectivity index (χ1) is 11.3. The van der Waals surface area contributed by atoms with Crippen molar-refractivity contribution in [1.29, 1.82) is 0 Å². The largest absolute Gasteiger partial charge is 0.467 e. The predicted octanol–water partition coefficient (Wildman–Crippen LogP) is 1.89. The van der Waals surface area contributed by atoms with Crippen LogP contribution >= 0.6 is 15.9 Å². The monoisotopic (exact) mass is 400 g/mol. The van der Waals surface area contributed by atoms with Crippen molar-refractivity contribution in [3.05, 3.63) is 28.2 Å². The summed E-state index contributed by atoms with van der Waals surface area (Å²) in [6.45, 7) is 3.19. The van der Waals surface area contributed by atoms with Gasteiger partial charge in [0.05, 0.1) is 12.7 Å². The molecule has 0 fully saturated rings. The number of rotatable bonds is 7. The van der Waals surface area contributed by atoms with E-state index in [4.69, 9.17) is 10.5 Å². The Kier molecular flexibility index (Phi) is 7.70. The molecule has 1 amide bonds. The number of ether oxygens (including phenoxy) is 2. The highest BCUT2D eigenvalue weighted by Gasteiger charge is 2.27. The number of hydrogen-bond donors (Lipinski definition) is 2. The average molecular weight is 401 g/mol. The van der Waals surface area contributed by atoms with Gasteiger partial charge >= 0.3 is 11.9 Å². The lowest BCUT2D eigenvalue weighted by Gasteiger charge is -2.21. The molecule has 0 unspecified atom stereocenters. The van der Waals surface area contributed by atoms with Crippen LogP contribution in [0.2, 0.25) is 0 Å². The SMILES string of the molecule is CC[C@@H](C)[C@@H](NC(=O)COC(=O)c1cc(Br)ccc1N)C(=O)OC. The Morgan fingerprint density at radius 3 is 2.58 bits per heavy atom. The summed E-state index contributed by atoms with van der Waals surface area (Å²) >= 11 is 3.23. The maximum Gasteiger partial charge on any atom is 0.340 e. The molecule has 132 valence electrons. The van der Waals surface area contributed by atoms with Crippen molar-refractivity contribution >= 4 is 39.5 Å². The number of carbonyl (C=O) groups is 3. The zero-order chi connectivity index (χ0) is 18.3. The first kappa shape index (κ1) is 20.0. The molecule has 8 heteroatoms. The number of hydrogen-bond acceptors (Lipinski definition) is 6. The second kappa shape index (κ2) is 9.27. The van der Waals surface area contributed by atoms with Crippen LogP contribution in [0.25, 0.3) is 0 Å². The number of nitrogens with one attached hydrogen (secondary N) is 1. The lowest BCUT2D eigenvalue weighted by Crippen LogP contribution is -2.47. The van der Waals surface area contributed by atoms with Crippen LogP contribution in [-0.4, -0.2) is 37.6 Å². The van der Waals surface area contributed by atoms with E-state index in [1.165, 1.54) is 13.2 Å². The van der Waals surface area contributed by atoms with E-state index in [1.807, 2.05) is 13.8 Å². The molecule has 3 N–H and O–H groups in total. The Morgan fingerprint density at radius 2 is 2.00 bits per heavy atom. The van der Waals surface area contributed by atoms with Gasteiger partial charge in [-0.3, -0.25) is 4.79 Å². The van der Waals surface area contributed by atoms with E-state index >= 15 is 0 Å². The molecule has 0 spiro atoms. The Morgan fingerprint density at radius 1 is 1.33 bits per heavy atom.